The average molecular weight is 135 g/mol. The number of hydrogen-bond acceptors (Lipinski definition) is 2. The van der Waals surface area contributed by atoms with Crippen LogP contribution >= 0.6 is 0 Å². The Hall–Kier alpha value is -1.18. The van der Waals surface area contributed by atoms with Crippen molar-refractivity contribution >= 4 is 0 Å². The van der Waals surface area contributed by atoms with Crippen molar-refractivity contribution < 1.29 is 0 Å². The van der Waals surface area contributed by atoms with E-state index in [1.807, 2.05) is 30.3 Å². The minimum Gasteiger partial charge on any atom is -0.150 e. The Labute approximate surface area is 59.9 Å². The Morgan fingerprint density at radius 3 is 2.40 bits per heavy atom. The number of rotatable bonds is 2. The predicted molar refractivity (Wildman–Crippen MR) is 40.7 cm³/mol. The molecule has 0 amide bonds. The molecule has 0 N–H and O–H groups in total. The van der Waals surface area contributed by atoms with Gasteiger partial charge in [-0.25, -0.2) is 0 Å². The fourth-order valence-corrected chi connectivity index (χ4v) is 0.792. The SMILES string of the molecule is C[C@@H](N=O)c1ccccc1. The van der Waals surface area contributed by atoms with E-state index in [-0.39, 0.29) is 6.04 Å². The van der Waals surface area contributed by atoms with Crippen LogP contribution in [-0.4, -0.2) is 0 Å². The average Bonchev–Trinajstić information content (AvgIpc) is 2.05. The summed E-state index contributed by atoms with van der Waals surface area (Å²) < 4.78 is 0. The molecule has 1 rings (SSSR count). The molecule has 52 valence electrons. The zero-order valence-electron chi connectivity index (χ0n) is 5.82. The lowest BCUT2D eigenvalue weighted by molar-refractivity contribution is 0.811. The summed E-state index contributed by atoms with van der Waals surface area (Å²) in [6.07, 6.45) is 0. The zero-order chi connectivity index (χ0) is 7.40. The highest BCUT2D eigenvalue weighted by molar-refractivity contribution is 5.17. The fraction of sp³-hybridized carbons (Fsp3) is 0.250. The lowest BCUT2D eigenvalue weighted by Gasteiger charge is -1.99. The smallest absolute Gasteiger partial charge is 0.114 e. The minimum atomic E-state index is -0.221. The normalized spacial score (nSPS) is 12.5. The van der Waals surface area contributed by atoms with Gasteiger partial charge in [0.25, 0.3) is 0 Å². The van der Waals surface area contributed by atoms with Crippen LogP contribution in [0.5, 0.6) is 0 Å². The summed E-state index contributed by atoms with van der Waals surface area (Å²) in [5.74, 6) is 0. The van der Waals surface area contributed by atoms with E-state index in [0.717, 1.165) is 5.56 Å². The molecule has 0 aromatic heterocycles. The highest BCUT2D eigenvalue weighted by Gasteiger charge is 2.00. The van der Waals surface area contributed by atoms with Crippen molar-refractivity contribution in [1.82, 2.24) is 0 Å². The largest absolute Gasteiger partial charge is 0.150 e. The van der Waals surface area contributed by atoms with Crippen molar-refractivity contribution in [2.24, 2.45) is 5.18 Å². The summed E-state index contributed by atoms with van der Waals surface area (Å²) in [7, 11) is 0. The molecule has 0 bridgehead atoms. The van der Waals surface area contributed by atoms with Gasteiger partial charge in [-0.15, -0.1) is 0 Å². The van der Waals surface area contributed by atoms with Crippen molar-refractivity contribution in [2.45, 2.75) is 13.0 Å². The Morgan fingerprint density at radius 2 is 1.90 bits per heavy atom. The van der Waals surface area contributed by atoms with Crippen molar-refractivity contribution in [3.05, 3.63) is 40.8 Å². The van der Waals surface area contributed by atoms with Gasteiger partial charge in [0.1, 0.15) is 6.04 Å². The summed E-state index contributed by atoms with van der Waals surface area (Å²) in [4.78, 5) is 10.1. The predicted octanol–water partition coefficient (Wildman–Crippen LogP) is 2.51. The summed E-state index contributed by atoms with van der Waals surface area (Å²) in [5.41, 5.74) is 0.970. The van der Waals surface area contributed by atoms with E-state index < -0.39 is 0 Å². The lowest BCUT2D eigenvalue weighted by Crippen LogP contribution is -1.85. The molecule has 0 unspecified atom stereocenters. The number of nitrogens with zero attached hydrogens (tertiary/aromatic N) is 1. The Kier molecular flexibility index (Phi) is 2.15. The van der Waals surface area contributed by atoms with Crippen LogP contribution in [0.4, 0.5) is 0 Å². The second-order valence-electron chi connectivity index (χ2n) is 2.19. The Bertz CT molecular complexity index is 208. The van der Waals surface area contributed by atoms with Gasteiger partial charge in [0.05, 0.1) is 0 Å². The molecule has 0 aliphatic heterocycles. The van der Waals surface area contributed by atoms with E-state index >= 15 is 0 Å². The van der Waals surface area contributed by atoms with Crippen LogP contribution in [0.1, 0.15) is 18.5 Å². The first-order valence-electron chi connectivity index (χ1n) is 3.22. The molecule has 0 saturated carbocycles. The van der Waals surface area contributed by atoms with Gasteiger partial charge >= 0.3 is 0 Å². The first-order chi connectivity index (χ1) is 4.84. The number of nitroso groups, excluding NO2 is 1. The van der Waals surface area contributed by atoms with Crippen LogP contribution < -0.4 is 0 Å². The van der Waals surface area contributed by atoms with Gasteiger partial charge in [0.15, 0.2) is 0 Å². The Morgan fingerprint density at radius 1 is 1.30 bits per heavy atom. The molecule has 0 aliphatic rings. The molecule has 0 heterocycles. The molecule has 2 heteroatoms. The van der Waals surface area contributed by atoms with Gasteiger partial charge in [0, 0.05) is 0 Å². The van der Waals surface area contributed by atoms with Gasteiger partial charge in [-0.2, -0.15) is 4.91 Å². The molecule has 2 nitrogen and oxygen atoms in total. The quantitative estimate of drug-likeness (QED) is 0.573. The van der Waals surface area contributed by atoms with E-state index in [4.69, 9.17) is 0 Å². The van der Waals surface area contributed by atoms with Crippen LogP contribution in [0.2, 0.25) is 0 Å². The molecule has 0 spiro atoms. The highest BCUT2D eigenvalue weighted by Crippen LogP contribution is 2.14. The number of hydrogen-bond donors (Lipinski definition) is 0. The maximum Gasteiger partial charge on any atom is 0.114 e. The van der Waals surface area contributed by atoms with Gasteiger partial charge in [-0.05, 0) is 12.5 Å². The second-order valence-corrected chi connectivity index (χ2v) is 2.19. The van der Waals surface area contributed by atoms with Gasteiger partial charge < -0.3 is 0 Å². The molecular formula is C8H9NO. The van der Waals surface area contributed by atoms with E-state index in [1.165, 1.54) is 0 Å². The summed E-state index contributed by atoms with van der Waals surface area (Å²) in [6, 6.07) is 9.29. The third-order valence-electron chi connectivity index (χ3n) is 1.44. The third kappa shape index (κ3) is 1.41. The molecule has 0 aliphatic carbocycles. The summed E-state index contributed by atoms with van der Waals surface area (Å²) >= 11 is 0. The van der Waals surface area contributed by atoms with E-state index in [1.54, 1.807) is 6.92 Å². The number of benzene rings is 1. The zero-order valence-corrected chi connectivity index (χ0v) is 5.82. The monoisotopic (exact) mass is 135 g/mol. The molecule has 0 fully saturated rings. The fourth-order valence-electron chi connectivity index (χ4n) is 0.792. The van der Waals surface area contributed by atoms with Crippen LogP contribution in [-0.2, 0) is 0 Å². The third-order valence-corrected chi connectivity index (χ3v) is 1.44. The van der Waals surface area contributed by atoms with E-state index in [2.05, 4.69) is 5.18 Å². The molecular weight excluding hydrogens is 126 g/mol. The van der Waals surface area contributed by atoms with Crippen molar-refractivity contribution in [3.8, 4) is 0 Å². The molecule has 0 saturated heterocycles. The molecule has 1 aromatic carbocycles. The Balaban J connectivity index is 2.84. The van der Waals surface area contributed by atoms with Crippen LogP contribution in [0, 0.1) is 4.91 Å². The van der Waals surface area contributed by atoms with Crippen LogP contribution in [0.3, 0.4) is 0 Å². The molecule has 1 aromatic rings. The standard InChI is InChI=1S/C8H9NO/c1-7(9-10)8-5-3-2-4-6-8/h2-7H,1H3/t7-/m1/s1. The summed E-state index contributed by atoms with van der Waals surface area (Å²) in [6.45, 7) is 1.78. The first kappa shape index (κ1) is 6.93. The molecule has 10 heavy (non-hydrogen) atoms. The second kappa shape index (κ2) is 3.11. The minimum absolute atomic E-state index is 0.221. The van der Waals surface area contributed by atoms with Crippen LogP contribution in [0.25, 0.3) is 0 Å². The topological polar surface area (TPSA) is 29.4 Å². The van der Waals surface area contributed by atoms with E-state index in [9.17, 15) is 4.91 Å². The maximum atomic E-state index is 10.1. The molecule has 1 atom stereocenters. The van der Waals surface area contributed by atoms with Gasteiger partial charge in [0.2, 0.25) is 0 Å². The maximum absolute atomic E-state index is 10.1. The van der Waals surface area contributed by atoms with Crippen LogP contribution in [0.15, 0.2) is 35.5 Å². The summed E-state index contributed by atoms with van der Waals surface area (Å²) in [5, 5.41) is 2.91. The van der Waals surface area contributed by atoms with E-state index in [0.29, 0.717) is 0 Å². The van der Waals surface area contributed by atoms with Gasteiger partial charge in [-0.3, -0.25) is 0 Å². The molecule has 0 radical (unpaired) electrons. The lowest BCUT2D eigenvalue weighted by atomic mass is 10.1. The first-order valence-corrected chi connectivity index (χ1v) is 3.22. The van der Waals surface area contributed by atoms with Crippen molar-refractivity contribution in [3.63, 3.8) is 0 Å². The van der Waals surface area contributed by atoms with Gasteiger partial charge in [-0.1, -0.05) is 35.5 Å². The van der Waals surface area contributed by atoms with Crippen molar-refractivity contribution in [1.29, 1.82) is 0 Å². The van der Waals surface area contributed by atoms with Crippen molar-refractivity contribution in [2.75, 3.05) is 0 Å². The highest BCUT2D eigenvalue weighted by atomic mass is 16.3.